The molecule has 0 radical (unpaired) electrons. The van der Waals surface area contributed by atoms with Crippen molar-refractivity contribution in [3.8, 4) is 11.3 Å². The summed E-state index contributed by atoms with van der Waals surface area (Å²) in [5.41, 5.74) is 4.87. The Bertz CT molecular complexity index is 1430. The van der Waals surface area contributed by atoms with E-state index >= 15 is 0 Å². The highest BCUT2D eigenvalue weighted by Gasteiger charge is 2.49. The number of pyridine rings is 2. The number of urea groups is 1. The molecule has 1 aromatic carbocycles. The Morgan fingerprint density at radius 2 is 1.80 bits per heavy atom. The first-order chi connectivity index (χ1) is 17.1. The van der Waals surface area contributed by atoms with Gasteiger partial charge in [0, 0.05) is 54.1 Å². The van der Waals surface area contributed by atoms with E-state index in [1.807, 2.05) is 53.7 Å². The maximum absolute atomic E-state index is 13.4. The molecule has 4 aromatic rings. The predicted molar refractivity (Wildman–Crippen MR) is 134 cm³/mol. The van der Waals surface area contributed by atoms with Gasteiger partial charge in [-0.3, -0.25) is 14.6 Å². The first-order valence-electron chi connectivity index (χ1n) is 12.6. The topological polar surface area (TPSA) is 75.9 Å². The second-order valence-electron chi connectivity index (χ2n) is 10.3. The van der Waals surface area contributed by atoms with E-state index in [9.17, 15) is 4.79 Å². The van der Waals surface area contributed by atoms with Crippen molar-refractivity contribution in [2.45, 2.75) is 49.6 Å². The van der Waals surface area contributed by atoms with Crippen LogP contribution in [0.5, 0.6) is 0 Å². The van der Waals surface area contributed by atoms with Crippen LogP contribution in [0.15, 0.2) is 67.0 Å². The number of nitrogens with zero attached hydrogens (tertiary/aromatic N) is 5. The monoisotopic (exact) mass is 464 g/mol. The minimum atomic E-state index is -0.318. The smallest absolute Gasteiger partial charge is 0.318 e. The molecule has 1 atom stereocenters. The molecule has 1 unspecified atom stereocenters. The number of amides is 2. The van der Waals surface area contributed by atoms with Crippen molar-refractivity contribution in [3.05, 3.63) is 78.4 Å². The van der Waals surface area contributed by atoms with Gasteiger partial charge in [-0.1, -0.05) is 24.3 Å². The zero-order valence-electron chi connectivity index (χ0n) is 19.7. The van der Waals surface area contributed by atoms with Crippen LogP contribution in [0.2, 0.25) is 0 Å². The number of carbonyl (C=O) groups is 1. The van der Waals surface area contributed by atoms with Crippen LogP contribution >= 0.6 is 0 Å². The Labute approximate surface area is 204 Å². The second kappa shape index (κ2) is 7.63. The second-order valence-corrected chi connectivity index (χ2v) is 10.3. The van der Waals surface area contributed by atoms with Crippen LogP contribution in [0.1, 0.15) is 43.5 Å². The van der Waals surface area contributed by atoms with Gasteiger partial charge >= 0.3 is 6.03 Å². The van der Waals surface area contributed by atoms with Gasteiger partial charge in [0.2, 0.25) is 0 Å². The van der Waals surface area contributed by atoms with E-state index in [1.54, 1.807) is 0 Å². The summed E-state index contributed by atoms with van der Waals surface area (Å²) >= 11 is 0. The zero-order valence-corrected chi connectivity index (χ0v) is 19.7. The van der Waals surface area contributed by atoms with Gasteiger partial charge in [0.05, 0.1) is 22.4 Å². The van der Waals surface area contributed by atoms with Crippen LogP contribution in [-0.2, 0) is 17.5 Å². The molecule has 1 saturated heterocycles. The normalized spacial score (nSPS) is 22.3. The summed E-state index contributed by atoms with van der Waals surface area (Å²) in [6, 6.07) is 18.5. The third kappa shape index (κ3) is 3.25. The van der Waals surface area contributed by atoms with E-state index < -0.39 is 0 Å². The van der Waals surface area contributed by atoms with Crippen molar-refractivity contribution in [1.82, 2.24) is 30.0 Å². The van der Waals surface area contributed by atoms with Crippen LogP contribution < -0.4 is 5.32 Å². The Hall–Kier alpha value is -3.74. The standard InChI is InChI=1S/C28H28N6O/c35-26(31-28(9-5-10-28)24-8-3-4-13-29-24)33-14-11-27(19-33)12-15-34-25(27)17-23(32-34)21-16-20-6-1-2-7-22(20)30-18-21/h1-4,6-8,13,16-18H,5,9-12,14-15,19H2,(H,31,35). The van der Waals surface area contributed by atoms with Gasteiger partial charge in [0.15, 0.2) is 0 Å². The van der Waals surface area contributed by atoms with Crippen molar-refractivity contribution >= 4 is 16.9 Å². The first-order valence-corrected chi connectivity index (χ1v) is 12.6. The molecule has 5 heterocycles. The molecular weight excluding hydrogens is 436 g/mol. The van der Waals surface area contributed by atoms with Crippen molar-refractivity contribution in [3.63, 3.8) is 0 Å². The minimum Gasteiger partial charge on any atom is -0.327 e. The zero-order chi connectivity index (χ0) is 23.5. The molecule has 0 bridgehead atoms. The number of benzene rings is 1. The van der Waals surface area contributed by atoms with E-state index in [4.69, 9.17) is 5.10 Å². The summed E-state index contributed by atoms with van der Waals surface area (Å²) in [6.45, 7) is 2.39. The molecule has 1 aliphatic carbocycles. The van der Waals surface area contributed by atoms with Crippen LogP contribution in [0.4, 0.5) is 4.79 Å². The molecule has 2 fully saturated rings. The maximum Gasteiger partial charge on any atom is 0.318 e. The summed E-state index contributed by atoms with van der Waals surface area (Å²) in [5, 5.41) is 9.41. The van der Waals surface area contributed by atoms with E-state index in [1.165, 1.54) is 5.69 Å². The fourth-order valence-corrected chi connectivity index (χ4v) is 6.18. The van der Waals surface area contributed by atoms with Crippen LogP contribution in [0.3, 0.4) is 0 Å². The Morgan fingerprint density at radius 3 is 2.63 bits per heavy atom. The SMILES string of the molecule is O=C(NC1(c2ccccn2)CCC1)N1CCC2(CCn3nc(-c4cnc5ccccc5c4)cc32)C1. The van der Waals surface area contributed by atoms with E-state index in [-0.39, 0.29) is 17.0 Å². The lowest BCUT2D eigenvalue weighted by atomic mass is 9.74. The number of hydrogen-bond acceptors (Lipinski definition) is 4. The van der Waals surface area contributed by atoms with Gasteiger partial charge in [-0.15, -0.1) is 0 Å². The molecule has 176 valence electrons. The van der Waals surface area contributed by atoms with Crippen molar-refractivity contribution in [1.29, 1.82) is 0 Å². The molecule has 1 saturated carbocycles. The number of aromatic nitrogens is 4. The van der Waals surface area contributed by atoms with E-state index in [2.05, 4.69) is 38.2 Å². The van der Waals surface area contributed by atoms with Crippen LogP contribution in [-0.4, -0.2) is 43.8 Å². The summed E-state index contributed by atoms with van der Waals surface area (Å²) in [5.74, 6) is 0. The molecule has 3 aliphatic rings. The fourth-order valence-electron chi connectivity index (χ4n) is 6.18. The molecule has 1 N–H and O–H groups in total. The summed E-state index contributed by atoms with van der Waals surface area (Å²) in [7, 11) is 0. The summed E-state index contributed by atoms with van der Waals surface area (Å²) < 4.78 is 2.15. The van der Waals surface area contributed by atoms with Crippen molar-refractivity contribution < 1.29 is 4.79 Å². The van der Waals surface area contributed by atoms with Crippen molar-refractivity contribution in [2.75, 3.05) is 13.1 Å². The van der Waals surface area contributed by atoms with E-state index in [0.717, 1.165) is 79.6 Å². The summed E-state index contributed by atoms with van der Waals surface area (Å²) in [4.78, 5) is 24.6. The molecule has 1 spiro atoms. The maximum atomic E-state index is 13.4. The van der Waals surface area contributed by atoms with Gasteiger partial charge in [-0.2, -0.15) is 5.10 Å². The number of aryl methyl sites for hydroxylation is 1. The number of carbonyl (C=O) groups excluding carboxylic acids is 1. The summed E-state index contributed by atoms with van der Waals surface area (Å²) in [6.07, 6.45) is 8.74. The molecular formula is C28H28N6O. The number of para-hydroxylation sites is 1. The van der Waals surface area contributed by atoms with Gasteiger partial charge in [0.25, 0.3) is 0 Å². The van der Waals surface area contributed by atoms with Gasteiger partial charge < -0.3 is 10.2 Å². The lowest BCUT2D eigenvalue weighted by Crippen LogP contribution is -2.55. The third-order valence-corrected chi connectivity index (χ3v) is 8.36. The lowest BCUT2D eigenvalue weighted by Gasteiger charge is -2.42. The number of likely N-dealkylation sites (tertiary alicyclic amines) is 1. The number of hydrogen-bond donors (Lipinski definition) is 1. The average Bonchev–Trinajstić information content (AvgIpc) is 3.58. The number of fused-ring (bicyclic) bond motifs is 3. The Balaban J connectivity index is 1.12. The number of rotatable bonds is 3. The molecule has 3 aromatic heterocycles. The van der Waals surface area contributed by atoms with Crippen molar-refractivity contribution in [2.24, 2.45) is 0 Å². The fraction of sp³-hybridized carbons (Fsp3) is 0.357. The van der Waals surface area contributed by atoms with Gasteiger partial charge in [-0.05, 0) is 62.4 Å². The highest BCUT2D eigenvalue weighted by atomic mass is 16.2. The molecule has 7 rings (SSSR count). The molecule has 35 heavy (non-hydrogen) atoms. The Morgan fingerprint density at radius 1 is 0.943 bits per heavy atom. The van der Waals surface area contributed by atoms with Gasteiger partial charge in [-0.25, -0.2) is 4.79 Å². The highest BCUT2D eigenvalue weighted by molar-refractivity contribution is 5.83. The van der Waals surface area contributed by atoms with Gasteiger partial charge in [0.1, 0.15) is 0 Å². The highest BCUT2D eigenvalue weighted by Crippen LogP contribution is 2.45. The largest absolute Gasteiger partial charge is 0.327 e. The van der Waals surface area contributed by atoms with Crippen LogP contribution in [0.25, 0.3) is 22.2 Å². The lowest BCUT2D eigenvalue weighted by molar-refractivity contribution is 0.151. The third-order valence-electron chi connectivity index (χ3n) is 8.36. The Kier molecular flexibility index (Phi) is 4.50. The molecule has 2 aliphatic heterocycles. The number of nitrogens with one attached hydrogen (secondary N) is 1. The quantitative estimate of drug-likeness (QED) is 0.480. The van der Waals surface area contributed by atoms with Crippen LogP contribution in [0, 0.1) is 0 Å². The average molecular weight is 465 g/mol. The van der Waals surface area contributed by atoms with E-state index in [0.29, 0.717) is 0 Å². The molecule has 7 nitrogen and oxygen atoms in total. The first kappa shape index (κ1) is 20.6. The molecule has 2 amide bonds. The minimum absolute atomic E-state index is 0.0232. The predicted octanol–water partition coefficient (Wildman–Crippen LogP) is 4.63. The molecule has 7 heteroatoms.